The van der Waals surface area contributed by atoms with E-state index in [1.165, 1.54) is 7.11 Å². The van der Waals surface area contributed by atoms with Crippen molar-refractivity contribution in [3.63, 3.8) is 0 Å². The highest BCUT2D eigenvalue weighted by Crippen LogP contribution is 2.43. The maximum atomic E-state index is 14.4. The number of hydrogen-bond acceptors (Lipinski definition) is 2. The monoisotopic (exact) mass is 330 g/mol. The van der Waals surface area contributed by atoms with E-state index < -0.39 is 17.2 Å². The minimum atomic E-state index is -1.10. The van der Waals surface area contributed by atoms with E-state index in [2.05, 4.69) is 15.9 Å². The molecule has 1 saturated carbocycles. The van der Waals surface area contributed by atoms with Crippen LogP contribution >= 0.6 is 15.9 Å². The summed E-state index contributed by atoms with van der Waals surface area (Å²) in [5, 5.41) is 9.57. The topological polar surface area (TPSA) is 46.5 Å². The molecular weight excluding hydrogens is 315 g/mol. The predicted octanol–water partition coefficient (Wildman–Crippen LogP) is 3.88. The van der Waals surface area contributed by atoms with Crippen molar-refractivity contribution in [2.45, 2.75) is 37.5 Å². The standard InChI is InChI=1S/C14H16BrFO3/c1-19-10-6-5-9(12(16)11(10)15)14(13(17)18)7-3-2-4-8-14/h5-6H,2-4,7-8H2,1H3,(H,17,18). The van der Waals surface area contributed by atoms with Crippen molar-refractivity contribution in [3.05, 3.63) is 28.0 Å². The van der Waals surface area contributed by atoms with Gasteiger partial charge in [-0.25, -0.2) is 4.39 Å². The van der Waals surface area contributed by atoms with Gasteiger partial charge >= 0.3 is 5.97 Å². The first kappa shape index (κ1) is 14.3. The smallest absolute Gasteiger partial charge is 0.314 e. The largest absolute Gasteiger partial charge is 0.495 e. The molecule has 0 radical (unpaired) electrons. The first-order chi connectivity index (χ1) is 9.03. The van der Waals surface area contributed by atoms with Gasteiger partial charge < -0.3 is 9.84 Å². The fourth-order valence-electron chi connectivity index (χ4n) is 2.81. The Labute approximate surface area is 119 Å². The fraction of sp³-hybridized carbons (Fsp3) is 0.500. The lowest BCUT2D eigenvalue weighted by atomic mass is 9.69. The first-order valence-electron chi connectivity index (χ1n) is 6.29. The van der Waals surface area contributed by atoms with Crippen molar-refractivity contribution in [3.8, 4) is 5.75 Å². The molecule has 19 heavy (non-hydrogen) atoms. The molecule has 1 aromatic rings. The quantitative estimate of drug-likeness (QED) is 0.914. The molecule has 5 heteroatoms. The molecular formula is C14H16BrFO3. The lowest BCUT2D eigenvalue weighted by Gasteiger charge is -2.34. The second kappa shape index (κ2) is 5.49. The van der Waals surface area contributed by atoms with Gasteiger partial charge in [-0.15, -0.1) is 0 Å². The molecule has 0 unspecified atom stereocenters. The van der Waals surface area contributed by atoms with Gasteiger partial charge in [-0.3, -0.25) is 4.79 Å². The number of aliphatic carboxylic acids is 1. The Morgan fingerprint density at radius 3 is 2.53 bits per heavy atom. The summed E-state index contributed by atoms with van der Waals surface area (Å²) in [6, 6.07) is 3.15. The van der Waals surface area contributed by atoms with E-state index in [1.807, 2.05) is 0 Å². The molecule has 0 bridgehead atoms. The average Bonchev–Trinajstić information content (AvgIpc) is 2.42. The van der Waals surface area contributed by atoms with E-state index in [0.29, 0.717) is 18.6 Å². The Morgan fingerprint density at radius 1 is 1.37 bits per heavy atom. The second-order valence-electron chi connectivity index (χ2n) is 4.89. The zero-order valence-electron chi connectivity index (χ0n) is 10.7. The molecule has 0 amide bonds. The highest BCUT2D eigenvalue weighted by atomic mass is 79.9. The molecule has 1 aliphatic rings. The van der Waals surface area contributed by atoms with E-state index in [9.17, 15) is 14.3 Å². The van der Waals surface area contributed by atoms with Crippen LogP contribution in [-0.2, 0) is 10.2 Å². The third-order valence-electron chi connectivity index (χ3n) is 3.90. The van der Waals surface area contributed by atoms with Crippen molar-refractivity contribution in [2.24, 2.45) is 0 Å². The van der Waals surface area contributed by atoms with Crippen molar-refractivity contribution in [1.82, 2.24) is 0 Å². The Kier molecular flexibility index (Phi) is 4.13. The summed E-state index contributed by atoms with van der Waals surface area (Å²) in [5.41, 5.74) is -0.843. The average molecular weight is 331 g/mol. The van der Waals surface area contributed by atoms with E-state index in [1.54, 1.807) is 12.1 Å². The normalized spacial score (nSPS) is 18.1. The number of rotatable bonds is 3. The highest BCUT2D eigenvalue weighted by Gasteiger charge is 2.43. The Morgan fingerprint density at radius 2 is 2.00 bits per heavy atom. The number of hydrogen-bond donors (Lipinski definition) is 1. The molecule has 1 fully saturated rings. The Bertz CT molecular complexity index is 496. The third-order valence-corrected chi connectivity index (χ3v) is 4.64. The van der Waals surface area contributed by atoms with Gasteiger partial charge in [0.1, 0.15) is 11.6 Å². The van der Waals surface area contributed by atoms with Crippen LogP contribution in [0.15, 0.2) is 16.6 Å². The number of halogens is 2. The molecule has 3 nitrogen and oxygen atoms in total. The van der Waals surface area contributed by atoms with Crippen molar-refractivity contribution in [2.75, 3.05) is 7.11 Å². The summed E-state index contributed by atoms with van der Waals surface area (Å²) in [6.45, 7) is 0. The van der Waals surface area contributed by atoms with Gasteiger partial charge in [0.15, 0.2) is 0 Å². The molecule has 1 aromatic carbocycles. The van der Waals surface area contributed by atoms with Crippen LogP contribution in [0.25, 0.3) is 0 Å². The lowest BCUT2D eigenvalue weighted by molar-refractivity contribution is -0.145. The van der Waals surface area contributed by atoms with Gasteiger partial charge in [0.2, 0.25) is 0 Å². The number of carboxylic acid groups (broad SMARTS) is 1. The SMILES string of the molecule is COc1ccc(C2(C(=O)O)CCCCC2)c(F)c1Br. The molecule has 2 rings (SSSR count). The van der Waals surface area contributed by atoms with Gasteiger partial charge in [0, 0.05) is 5.56 Å². The molecule has 1 N–H and O–H groups in total. The molecule has 104 valence electrons. The van der Waals surface area contributed by atoms with Crippen LogP contribution in [0.3, 0.4) is 0 Å². The summed E-state index contributed by atoms with van der Waals surface area (Å²) in [7, 11) is 1.45. The van der Waals surface area contributed by atoms with Gasteiger partial charge in [-0.05, 0) is 34.8 Å². The van der Waals surface area contributed by atoms with Crippen LogP contribution < -0.4 is 4.74 Å². The molecule has 0 spiro atoms. The maximum absolute atomic E-state index is 14.4. The Balaban J connectivity index is 2.54. The van der Waals surface area contributed by atoms with Crippen molar-refractivity contribution < 1.29 is 19.0 Å². The van der Waals surface area contributed by atoms with E-state index in [0.717, 1.165) is 19.3 Å². The van der Waals surface area contributed by atoms with E-state index in [-0.39, 0.29) is 10.0 Å². The van der Waals surface area contributed by atoms with Gasteiger partial charge in [0.25, 0.3) is 0 Å². The molecule has 0 heterocycles. The second-order valence-corrected chi connectivity index (χ2v) is 5.68. The molecule has 1 aliphatic carbocycles. The van der Waals surface area contributed by atoms with E-state index in [4.69, 9.17) is 4.74 Å². The summed E-state index contributed by atoms with van der Waals surface area (Å²) < 4.78 is 19.7. The fourth-order valence-corrected chi connectivity index (χ4v) is 3.32. The zero-order chi connectivity index (χ0) is 14.0. The highest BCUT2D eigenvalue weighted by molar-refractivity contribution is 9.10. The number of carboxylic acids is 1. The predicted molar refractivity (Wildman–Crippen MR) is 73.1 cm³/mol. The summed E-state index contributed by atoms with van der Waals surface area (Å²) in [5.74, 6) is -1.09. The summed E-state index contributed by atoms with van der Waals surface area (Å²) >= 11 is 3.14. The number of methoxy groups -OCH3 is 1. The molecule has 0 atom stereocenters. The van der Waals surface area contributed by atoms with Gasteiger partial charge in [-0.1, -0.05) is 25.3 Å². The van der Waals surface area contributed by atoms with Crippen molar-refractivity contribution in [1.29, 1.82) is 0 Å². The van der Waals surface area contributed by atoms with E-state index >= 15 is 0 Å². The minimum absolute atomic E-state index is 0.193. The summed E-state index contributed by atoms with van der Waals surface area (Å²) in [6.07, 6.45) is 3.61. The van der Waals surface area contributed by atoms with Crippen LogP contribution in [-0.4, -0.2) is 18.2 Å². The minimum Gasteiger partial charge on any atom is -0.495 e. The van der Waals surface area contributed by atoms with Crippen molar-refractivity contribution >= 4 is 21.9 Å². The van der Waals surface area contributed by atoms with Gasteiger partial charge in [0.05, 0.1) is 17.0 Å². The maximum Gasteiger partial charge on any atom is 0.314 e. The third kappa shape index (κ3) is 2.36. The number of benzene rings is 1. The van der Waals surface area contributed by atoms with Crippen LogP contribution in [0.2, 0.25) is 0 Å². The van der Waals surface area contributed by atoms with Crippen LogP contribution in [0.5, 0.6) is 5.75 Å². The first-order valence-corrected chi connectivity index (χ1v) is 7.08. The number of ether oxygens (including phenoxy) is 1. The zero-order valence-corrected chi connectivity index (χ0v) is 12.3. The molecule has 0 aromatic heterocycles. The van der Waals surface area contributed by atoms with Crippen LogP contribution in [0.1, 0.15) is 37.7 Å². The van der Waals surface area contributed by atoms with Crippen LogP contribution in [0, 0.1) is 5.82 Å². The Hall–Kier alpha value is -1.10. The van der Waals surface area contributed by atoms with Gasteiger partial charge in [-0.2, -0.15) is 0 Å². The lowest BCUT2D eigenvalue weighted by Crippen LogP contribution is -2.38. The molecule has 0 saturated heterocycles. The molecule has 0 aliphatic heterocycles. The number of carbonyl (C=O) groups is 1. The summed E-state index contributed by atoms with van der Waals surface area (Å²) in [4.78, 5) is 11.7. The van der Waals surface area contributed by atoms with Crippen LogP contribution in [0.4, 0.5) is 4.39 Å².